The number of imidazole rings is 1. The van der Waals surface area contributed by atoms with Crippen LogP contribution in [0.15, 0.2) is 24.5 Å². The first kappa shape index (κ1) is 22.2. The normalized spacial score (nSPS) is 9.85. The molecule has 1 N–H and O–H groups in total. The molecule has 1 aromatic carbocycles. The summed E-state index contributed by atoms with van der Waals surface area (Å²) in [5.74, 6) is -0.112. The van der Waals surface area contributed by atoms with Crippen LogP contribution in [0.3, 0.4) is 0 Å². The highest BCUT2D eigenvalue weighted by Crippen LogP contribution is 2.23. The van der Waals surface area contributed by atoms with E-state index in [2.05, 4.69) is 10.3 Å². The van der Waals surface area contributed by atoms with Crippen LogP contribution < -0.4 is 10.1 Å². The van der Waals surface area contributed by atoms with Crippen molar-refractivity contribution in [2.45, 2.75) is 41.0 Å². The highest BCUT2D eigenvalue weighted by Gasteiger charge is 2.20. The van der Waals surface area contributed by atoms with E-state index in [1.54, 1.807) is 43.7 Å². The third-order valence-corrected chi connectivity index (χ3v) is 3.72. The van der Waals surface area contributed by atoms with Gasteiger partial charge >= 0.3 is 5.97 Å². The van der Waals surface area contributed by atoms with Crippen molar-refractivity contribution in [2.24, 2.45) is 0 Å². The zero-order chi connectivity index (χ0) is 20.4. The highest BCUT2D eigenvalue weighted by atomic mass is 16.5. The Morgan fingerprint density at radius 2 is 1.93 bits per heavy atom. The Kier molecular flexibility index (Phi) is 9.05. The Balaban J connectivity index is 0.00000176. The smallest absolute Gasteiger partial charge is 0.358 e. The Hall–Kier alpha value is -2.83. The van der Waals surface area contributed by atoms with Crippen LogP contribution in [-0.2, 0) is 4.74 Å². The monoisotopic (exact) mass is 375 g/mol. The first-order valence-electron chi connectivity index (χ1n) is 9.21. The van der Waals surface area contributed by atoms with Crippen molar-refractivity contribution < 1.29 is 19.1 Å². The van der Waals surface area contributed by atoms with E-state index >= 15 is 0 Å². The predicted molar refractivity (Wildman–Crippen MR) is 105 cm³/mol. The molecule has 1 aromatic heterocycles. The molecule has 0 aliphatic carbocycles. The van der Waals surface area contributed by atoms with Crippen LogP contribution in [0, 0.1) is 6.92 Å². The van der Waals surface area contributed by atoms with Crippen molar-refractivity contribution in [1.29, 1.82) is 0 Å². The number of esters is 1. The lowest BCUT2D eigenvalue weighted by Gasteiger charge is -2.13. The molecule has 0 bridgehead atoms. The summed E-state index contributed by atoms with van der Waals surface area (Å²) >= 11 is 0. The van der Waals surface area contributed by atoms with Crippen LogP contribution >= 0.6 is 0 Å². The number of carbonyl (C=O) groups excluding carboxylic acids is 2. The molecule has 7 nitrogen and oxygen atoms in total. The van der Waals surface area contributed by atoms with Gasteiger partial charge in [0.1, 0.15) is 12.1 Å². The molecule has 0 radical (unpaired) electrons. The summed E-state index contributed by atoms with van der Waals surface area (Å²) in [6.07, 6.45) is 2.35. The van der Waals surface area contributed by atoms with Crippen molar-refractivity contribution in [3.63, 3.8) is 0 Å². The summed E-state index contributed by atoms with van der Waals surface area (Å²) in [6.45, 7) is 10.3. The molecule has 0 atom stereocenters. The molecule has 0 fully saturated rings. The Labute approximate surface area is 160 Å². The van der Waals surface area contributed by atoms with Gasteiger partial charge in [0, 0.05) is 6.54 Å². The van der Waals surface area contributed by atoms with Crippen LogP contribution in [0.2, 0.25) is 0 Å². The standard InChI is InChI=1S/C18H23N3O4.C2H6/c1-5-9-19-17(22)14-10-13(24-4)7-8-15(14)21-11-20-16(12(21)3)18(23)25-6-2;1-2/h7-8,10-11H,5-6,9H2,1-4H3,(H,19,22);1-2H3. The van der Waals surface area contributed by atoms with Gasteiger partial charge in [0.2, 0.25) is 0 Å². The van der Waals surface area contributed by atoms with Crippen LogP contribution in [-0.4, -0.2) is 41.7 Å². The van der Waals surface area contributed by atoms with Gasteiger partial charge in [0.25, 0.3) is 5.91 Å². The minimum absolute atomic E-state index is 0.207. The number of hydrogen-bond donors (Lipinski definition) is 1. The second-order valence-corrected chi connectivity index (χ2v) is 5.41. The van der Waals surface area contributed by atoms with Gasteiger partial charge in [-0.15, -0.1) is 0 Å². The fourth-order valence-corrected chi connectivity index (χ4v) is 2.42. The summed E-state index contributed by atoms with van der Waals surface area (Å²) < 4.78 is 11.9. The molecule has 0 saturated carbocycles. The lowest BCUT2D eigenvalue weighted by Crippen LogP contribution is -2.25. The lowest BCUT2D eigenvalue weighted by molar-refractivity contribution is 0.0519. The number of benzene rings is 1. The Bertz CT molecular complexity index is 769. The third-order valence-electron chi connectivity index (χ3n) is 3.72. The van der Waals surface area contributed by atoms with E-state index in [9.17, 15) is 9.59 Å². The van der Waals surface area contributed by atoms with Crippen molar-refractivity contribution in [3.05, 3.63) is 41.5 Å². The molecular weight excluding hydrogens is 346 g/mol. The molecule has 27 heavy (non-hydrogen) atoms. The SMILES string of the molecule is CC.CCCNC(=O)c1cc(OC)ccc1-n1cnc(C(=O)OCC)c1C. The summed E-state index contributed by atoms with van der Waals surface area (Å²) in [7, 11) is 1.55. The largest absolute Gasteiger partial charge is 0.497 e. The minimum Gasteiger partial charge on any atom is -0.497 e. The van der Waals surface area contributed by atoms with Crippen LogP contribution in [0.4, 0.5) is 0 Å². The average Bonchev–Trinajstić information content (AvgIpc) is 3.08. The van der Waals surface area contributed by atoms with Crippen LogP contribution in [0.1, 0.15) is 60.7 Å². The second-order valence-electron chi connectivity index (χ2n) is 5.41. The van der Waals surface area contributed by atoms with Crippen molar-refractivity contribution >= 4 is 11.9 Å². The minimum atomic E-state index is -0.482. The van der Waals surface area contributed by atoms with Crippen LogP contribution in [0.5, 0.6) is 5.75 Å². The number of ether oxygens (including phenoxy) is 2. The fraction of sp³-hybridized carbons (Fsp3) is 0.450. The summed E-state index contributed by atoms with van der Waals surface area (Å²) in [6, 6.07) is 5.20. The molecule has 0 aliphatic rings. The van der Waals surface area contributed by atoms with Gasteiger partial charge in [0.05, 0.1) is 30.7 Å². The van der Waals surface area contributed by atoms with Crippen molar-refractivity contribution in [2.75, 3.05) is 20.3 Å². The summed E-state index contributed by atoms with van der Waals surface area (Å²) in [5.41, 5.74) is 1.91. The zero-order valence-electron chi connectivity index (χ0n) is 17.0. The van der Waals surface area contributed by atoms with Crippen molar-refractivity contribution in [1.82, 2.24) is 14.9 Å². The molecule has 2 aromatic rings. The van der Waals surface area contributed by atoms with E-state index < -0.39 is 5.97 Å². The van der Waals surface area contributed by atoms with Gasteiger partial charge in [0.15, 0.2) is 5.69 Å². The Morgan fingerprint density at radius 3 is 2.52 bits per heavy atom. The van der Waals surface area contributed by atoms with Crippen LogP contribution in [0.25, 0.3) is 5.69 Å². The van der Waals surface area contributed by atoms with E-state index in [0.717, 1.165) is 6.42 Å². The van der Waals surface area contributed by atoms with Gasteiger partial charge in [-0.05, 0) is 38.5 Å². The molecule has 148 valence electrons. The lowest BCUT2D eigenvalue weighted by atomic mass is 10.1. The maximum Gasteiger partial charge on any atom is 0.358 e. The molecule has 0 spiro atoms. The maximum absolute atomic E-state index is 12.5. The second kappa shape index (κ2) is 11.0. The quantitative estimate of drug-likeness (QED) is 0.749. The number of hydrogen-bond acceptors (Lipinski definition) is 5. The highest BCUT2D eigenvalue weighted by molar-refractivity contribution is 5.98. The van der Waals surface area contributed by atoms with E-state index in [-0.39, 0.29) is 18.2 Å². The fourth-order valence-electron chi connectivity index (χ4n) is 2.42. The number of nitrogens with zero attached hydrogens (tertiary/aromatic N) is 2. The van der Waals surface area contributed by atoms with E-state index in [1.165, 1.54) is 6.33 Å². The van der Waals surface area contributed by atoms with Gasteiger partial charge in [-0.3, -0.25) is 4.79 Å². The molecule has 1 heterocycles. The predicted octanol–water partition coefficient (Wildman–Crippen LogP) is 3.53. The van der Waals surface area contributed by atoms with Gasteiger partial charge in [-0.25, -0.2) is 9.78 Å². The number of amides is 1. The molecule has 0 unspecified atom stereocenters. The number of nitrogens with one attached hydrogen (secondary N) is 1. The maximum atomic E-state index is 12.5. The van der Waals surface area contributed by atoms with Crippen molar-refractivity contribution in [3.8, 4) is 11.4 Å². The van der Waals surface area contributed by atoms with E-state index in [0.29, 0.717) is 29.2 Å². The summed E-state index contributed by atoms with van der Waals surface area (Å²) in [4.78, 5) is 28.6. The summed E-state index contributed by atoms with van der Waals surface area (Å²) in [5, 5.41) is 2.86. The number of rotatable bonds is 7. The molecular formula is C20H29N3O4. The first-order valence-corrected chi connectivity index (χ1v) is 9.21. The molecule has 0 saturated heterocycles. The first-order chi connectivity index (χ1) is 13.0. The van der Waals surface area contributed by atoms with E-state index in [1.807, 2.05) is 20.8 Å². The van der Waals surface area contributed by atoms with Gasteiger partial charge in [-0.1, -0.05) is 20.8 Å². The number of aromatic nitrogens is 2. The molecule has 7 heteroatoms. The molecule has 0 aliphatic heterocycles. The molecule has 1 amide bonds. The van der Waals surface area contributed by atoms with Gasteiger partial charge in [-0.2, -0.15) is 0 Å². The van der Waals surface area contributed by atoms with Gasteiger partial charge < -0.3 is 19.4 Å². The number of methoxy groups -OCH3 is 1. The topological polar surface area (TPSA) is 82.5 Å². The zero-order valence-corrected chi connectivity index (χ0v) is 17.0. The Morgan fingerprint density at radius 1 is 1.22 bits per heavy atom. The average molecular weight is 375 g/mol. The molecule has 2 rings (SSSR count). The number of carbonyl (C=O) groups is 2. The third kappa shape index (κ3) is 5.32. The van der Waals surface area contributed by atoms with E-state index in [4.69, 9.17) is 9.47 Å².